The van der Waals surface area contributed by atoms with Crippen molar-refractivity contribution in [3.8, 4) is 0 Å². The lowest BCUT2D eigenvalue weighted by atomic mass is 9.88. The normalized spacial score (nSPS) is 16.9. The molecular formula is C20H31N3O2. The van der Waals surface area contributed by atoms with Crippen molar-refractivity contribution in [3.05, 3.63) is 23.9 Å². The van der Waals surface area contributed by atoms with Gasteiger partial charge in [-0.3, -0.25) is 14.5 Å². The first-order valence-corrected chi connectivity index (χ1v) is 9.30. The Balaban J connectivity index is 2.26. The molecule has 0 aromatic carbocycles. The van der Waals surface area contributed by atoms with E-state index >= 15 is 0 Å². The minimum absolute atomic E-state index is 0.0155. The van der Waals surface area contributed by atoms with Crippen LogP contribution in [0.2, 0.25) is 0 Å². The van der Waals surface area contributed by atoms with Gasteiger partial charge in [-0.1, -0.05) is 47.6 Å². The van der Waals surface area contributed by atoms with Gasteiger partial charge in [0.1, 0.15) is 11.9 Å². The summed E-state index contributed by atoms with van der Waals surface area (Å²) < 4.78 is 0. The van der Waals surface area contributed by atoms with E-state index in [1.807, 2.05) is 39.8 Å². The number of hydrogen-bond acceptors (Lipinski definition) is 3. The molecule has 1 atom stereocenters. The van der Waals surface area contributed by atoms with Crippen molar-refractivity contribution in [1.29, 1.82) is 0 Å². The molecular weight excluding hydrogens is 314 g/mol. The van der Waals surface area contributed by atoms with Gasteiger partial charge in [-0.25, -0.2) is 4.98 Å². The molecule has 5 heteroatoms. The highest BCUT2D eigenvalue weighted by atomic mass is 16.2. The lowest BCUT2D eigenvalue weighted by Gasteiger charge is -2.29. The van der Waals surface area contributed by atoms with E-state index in [0.29, 0.717) is 6.54 Å². The molecule has 0 bridgehead atoms. The van der Waals surface area contributed by atoms with Gasteiger partial charge in [-0.2, -0.15) is 0 Å². The first-order chi connectivity index (χ1) is 11.7. The predicted octanol–water partition coefficient (Wildman–Crippen LogP) is 3.28. The van der Waals surface area contributed by atoms with Crippen molar-refractivity contribution in [2.75, 3.05) is 11.4 Å². The molecule has 0 radical (unpaired) electrons. The Morgan fingerprint density at radius 1 is 1.28 bits per heavy atom. The number of pyridine rings is 1. The lowest BCUT2D eigenvalue weighted by molar-refractivity contribution is -0.131. The highest BCUT2D eigenvalue weighted by molar-refractivity contribution is 6.00. The van der Waals surface area contributed by atoms with E-state index < -0.39 is 6.04 Å². The third kappa shape index (κ3) is 3.86. The molecule has 25 heavy (non-hydrogen) atoms. The molecule has 2 rings (SSSR count). The molecule has 0 saturated carbocycles. The van der Waals surface area contributed by atoms with Crippen LogP contribution in [0.4, 0.5) is 5.82 Å². The van der Waals surface area contributed by atoms with E-state index in [1.54, 1.807) is 11.1 Å². The van der Waals surface area contributed by atoms with Crippen LogP contribution in [0.15, 0.2) is 18.3 Å². The maximum Gasteiger partial charge on any atom is 0.251 e. The zero-order chi connectivity index (χ0) is 18.8. The summed E-state index contributed by atoms with van der Waals surface area (Å²) in [7, 11) is 0. The number of fused-ring (bicyclic) bond motifs is 1. The Kier molecular flexibility index (Phi) is 5.86. The first-order valence-electron chi connectivity index (χ1n) is 9.30. The molecule has 0 aliphatic carbocycles. The molecule has 0 fully saturated rings. The minimum Gasteiger partial charge on any atom is -0.344 e. The monoisotopic (exact) mass is 345 g/mol. The molecule has 0 saturated heterocycles. The second-order valence-corrected chi connectivity index (χ2v) is 7.93. The van der Waals surface area contributed by atoms with Crippen LogP contribution >= 0.6 is 0 Å². The van der Waals surface area contributed by atoms with Crippen LogP contribution < -0.4 is 10.2 Å². The van der Waals surface area contributed by atoms with E-state index in [1.165, 1.54) is 0 Å². The number of carbonyl (C=O) groups excluding carboxylic acids is 2. The van der Waals surface area contributed by atoms with Gasteiger partial charge in [0, 0.05) is 29.6 Å². The number of aromatic nitrogens is 1. The maximum atomic E-state index is 13.2. The SMILES string of the molecule is CCC(CC)C(=O)N[C@H](C(=O)N1CC(C)(C)c2cccnc21)C(C)C. The fraction of sp³-hybridized carbons (Fsp3) is 0.650. The number of nitrogens with one attached hydrogen (secondary N) is 1. The average molecular weight is 345 g/mol. The Bertz CT molecular complexity index is 636. The van der Waals surface area contributed by atoms with Crippen LogP contribution in [0.25, 0.3) is 0 Å². The minimum atomic E-state index is -0.531. The summed E-state index contributed by atoms with van der Waals surface area (Å²) in [6.07, 6.45) is 3.28. The summed E-state index contributed by atoms with van der Waals surface area (Å²) in [6, 6.07) is 3.41. The molecule has 1 N–H and O–H groups in total. The Morgan fingerprint density at radius 2 is 1.92 bits per heavy atom. The van der Waals surface area contributed by atoms with Crippen LogP contribution in [-0.4, -0.2) is 29.4 Å². The summed E-state index contributed by atoms with van der Waals surface area (Å²) in [6.45, 7) is 12.8. The van der Waals surface area contributed by atoms with Crippen molar-refractivity contribution in [2.24, 2.45) is 11.8 Å². The summed E-state index contributed by atoms with van der Waals surface area (Å²) >= 11 is 0. The summed E-state index contributed by atoms with van der Waals surface area (Å²) in [4.78, 5) is 31.9. The molecule has 2 heterocycles. The van der Waals surface area contributed by atoms with Gasteiger partial charge >= 0.3 is 0 Å². The lowest BCUT2D eigenvalue weighted by Crippen LogP contribution is -2.53. The van der Waals surface area contributed by atoms with E-state index in [0.717, 1.165) is 24.2 Å². The van der Waals surface area contributed by atoms with Crippen LogP contribution in [0.3, 0.4) is 0 Å². The Morgan fingerprint density at radius 3 is 2.48 bits per heavy atom. The number of hydrogen-bond donors (Lipinski definition) is 1. The molecule has 1 aliphatic rings. The van der Waals surface area contributed by atoms with Crippen LogP contribution in [-0.2, 0) is 15.0 Å². The van der Waals surface area contributed by atoms with Crippen LogP contribution in [0.1, 0.15) is 59.9 Å². The first kappa shape index (κ1) is 19.4. The quantitative estimate of drug-likeness (QED) is 0.860. The van der Waals surface area contributed by atoms with Crippen molar-refractivity contribution in [1.82, 2.24) is 10.3 Å². The van der Waals surface area contributed by atoms with Crippen LogP contribution in [0.5, 0.6) is 0 Å². The van der Waals surface area contributed by atoms with Gasteiger partial charge in [0.2, 0.25) is 5.91 Å². The highest BCUT2D eigenvalue weighted by Crippen LogP contribution is 2.39. The zero-order valence-corrected chi connectivity index (χ0v) is 16.3. The third-order valence-corrected chi connectivity index (χ3v) is 5.18. The topological polar surface area (TPSA) is 62.3 Å². The molecule has 138 valence electrons. The van der Waals surface area contributed by atoms with E-state index in [4.69, 9.17) is 0 Å². The van der Waals surface area contributed by atoms with Gasteiger partial charge < -0.3 is 5.32 Å². The highest BCUT2D eigenvalue weighted by Gasteiger charge is 2.42. The molecule has 1 aromatic heterocycles. The third-order valence-electron chi connectivity index (χ3n) is 5.18. The van der Waals surface area contributed by atoms with Crippen molar-refractivity contribution in [3.63, 3.8) is 0 Å². The second-order valence-electron chi connectivity index (χ2n) is 7.93. The standard InChI is InChI=1S/C20H31N3O2/c1-7-14(8-2)18(24)22-16(13(3)4)19(25)23-12-20(5,6)15-10-9-11-21-17(15)23/h9-11,13-14,16H,7-8,12H2,1-6H3,(H,22,24)/t16-/m0/s1. The van der Waals surface area contributed by atoms with Gasteiger partial charge in [-0.05, 0) is 24.8 Å². The Hall–Kier alpha value is -1.91. The summed E-state index contributed by atoms with van der Waals surface area (Å²) in [5.41, 5.74) is 0.942. The van der Waals surface area contributed by atoms with E-state index in [9.17, 15) is 9.59 Å². The van der Waals surface area contributed by atoms with Gasteiger partial charge in [-0.15, -0.1) is 0 Å². The molecule has 1 aliphatic heterocycles. The molecule has 1 aromatic rings. The maximum absolute atomic E-state index is 13.2. The number of amides is 2. The average Bonchev–Trinajstić information content (AvgIpc) is 2.85. The van der Waals surface area contributed by atoms with Crippen molar-refractivity contribution < 1.29 is 9.59 Å². The molecule has 0 unspecified atom stereocenters. The molecule has 2 amide bonds. The van der Waals surface area contributed by atoms with E-state index in [-0.39, 0.29) is 29.1 Å². The summed E-state index contributed by atoms with van der Waals surface area (Å²) in [5.74, 6) is 0.590. The van der Waals surface area contributed by atoms with Crippen molar-refractivity contribution >= 4 is 17.6 Å². The largest absolute Gasteiger partial charge is 0.344 e. The summed E-state index contributed by atoms with van der Waals surface area (Å²) in [5, 5.41) is 3.00. The number of carbonyl (C=O) groups is 2. The number of rotatable bonds is 6. The van der Waals surface area contributed by atoms with Gasteiger partial charge in [0.05, 0.1) is 0 Å². The fourth-order valence-corrected chi connectivity index (χ4v) is 3.49. The number of nitrogens with zero attached hydrogens (tertiary/aromatic N) is 2. The number of anilines is 1. The van der Waals surface area contributed by atoms with Crippen molar-refractivity contribution in [2.45, 2.75) is 65.8 Å². The zero-order valence-electron chi connectivity index (χ0n) is 16.3. The van der Waals surface area contributed by atoms with Crippen LogP contribution in [0, 0.1) is 11.8 Å². The fourth-order valence-electron chi connectivity index (χ4n) is 3.49. The Labute approximate surface area is 151 Å². The smallest absolute Gasteiger partial charge is 0.251 e. The van der Waals surface area contributed by atoms with Gasteiger partial charge in [0.15, 0.2) is 0 Å². The second kappa shape index (κ2) is 7.54. The molecule has 0 spiro atoms. The predicted molar refractivity (Wildman–Crippen MR) is 100 cm³/mol. The molecule has 5 nitrogen and oxygen atoms in total. The van der Waals surface area contributed by atoms with Gasteiger partial charge in [0.25, 0.3) is 5.91 Å². The van der Waals surface area contributed by atoms with E-state index in [2.05, 4.69) is 24.1 Å².